The largest absolute Gasteiger partial charge is 0.383 e. The number of methoxy groups -OCH3 is 1. The molecule has 0 aliphatic carbocycles. The number of nitrogens with zero attached hydrogens (tertiary/aromatic N) is 1. The Morgan fingerprint density at radius 2 is 2.00 bits per heavy atom. The Labute approximate surface area is 118 Å². The highest BCUT2D eigenvalue weighted by Crippen LogP contribution is 2.20. The molecule has 1 aromatic carbocycles. The SMILES string of the molecule is COCC(N)C(=O)N(C)c1ccc(SC)cc1.Cl. The molecule has 6 heteroatoms. The maximum atomic E-state index is 11.9. The van der Waals surface area contributed by atoms with E-state index in [0.29, 0.717) is 0 Å². The summed E-state index contributed by atoms with van der Waals surface area (Å²) in [5, 5.41) is 0. The van der Waals surface area contributed by atoms with E-state index in [4.69, 9.17) is 10.5 Å². The number of anilines is 1. The van der Waals surface area contributed by atoms with Gasteiger partial charge in [-0.05, 0) is 30.5 Å². The van der Waals surface area contributed by atoms with Crippen LogP contribution in [0.25, 0.3) is 0 Å². The summed E-state index contributed by atoms with van der Waals surface area (Å²) in [4.78, 5) is 14.6. The highest BCUT2D eigenvalue weighted by atomic mass is 35.5. The number of nitrogens with two attached hydrogens (primary N) is 1. The van der Waals surface area contributed by atoms with E-state index in [-0.39, 0.29) is 24.9 Å². The Bertz CT molecular complexity index is 373. The molecule has 0 aliphatic heterocycles. The van der Waals surface area contributed by atoms with Crippen molar-refractivity contribution in [1.29, 1.82) is 0 Å². The molecule has 2 N–H and O–H groups in total. The fourth-order valence-corrected chi connectivity index (χ4v) is 1.84. The number of carbonyl (C=O) groups is 1. The lowest BCUT2D eigenvalue weighted by Crippen LogP contribution is -2.44. The summed E-state index contributed by atoms with van der Waals surface area (Å²) in [7, 11) is 3.24. The van der Waals surface area contributed by atoms with Crippen LogP contribution in [0.5, 0.6) is 0 Å². The van der Waals surface area contributed by atoms with Crippen molar-refractivity contribution in [2.24, 2.45) is 5.73 Å². The van der Waals surface area contributed by atoms with Crippen molar-refractivity contribution in [3.8, 4) is 0 Å². The van der Waals surface area contributed by atoms with Crippen LogP contribution in [0, 0.1) is 0 Å². The molecule has 4 nitrogen and oxygen atoms in total. The lowest BCUT2D eigenvalue weighted by molar-refractivity contribution is -0.120. The van der Waals surface area contributed by atoms with Gasteiger partial charge in [-0.3, -0.25) is 4.79 Å². The van der Waals surface area contributed by atoms with E-state index in [2.05, 4.69) is 0 Å². The number of thioether (sulfide) groups is 1. The van der Waals surface area contributed by atoms with E-state index in [0.717, 1.165) is 10.6 Å². The van der Waals surface area contributed by atoms with Gasteiger partial charge in [-0.25, -0.2) is 0 Å². The predicted octanol–water partition coefficient (Wildman–Crippen LogP) is 1.77. The van der Waals surface area contributed by atoms with E-state index in [9.17, 15) is 4.79 Å². The zero-order valence-corrected chi connectivity index (χ0v) is 12.4. The van der Waals surface area contributed by atoms with Crippen LogP contribution < -0.4 is 10.6 Å². The normalized spacial score (nSPS) is 11.6. The molecule has 1 unspecified atom stereocenters. The second kappa shape index (κ2) is 8.37. The molecule has 0 saturated heterocycles. The van der Waals surface area contributed by atoms with Gasteiger partial charge in [0.2, 0.25) is 5.91 Å². The van der Waals surface area contributed by atoms with Crippen molar-refractivity contribution >= 4 is 35.8 Å². The number of hydrogen-bond donors (Lipinski definition) is 1. The lowest BCUT2D eigenvalue weighted by atomic mass is 10.2. The van der Waals surface area contributed by atoms with Gasteiger partial charge in [-0.2, -0.15) is 0 Å². The number of benzene rings is 1. The Hall–Kier alpha value is -0.750. The van der Waals surface area contributed by atoms with Crippen LogP contribution in [0.2, 0.25) is 0 Å². The first-order valence-corrected chi connectivity index (χ1v) is 6.48. The summed E-state index contributed by atoms with van der Waals surface area (Å²) in [5.41, 5.74) is 6.53. The number of amides is 1. The highest BCUT2D eigenvalue weighted by molar-refractivity contribution is 7.98. The van der Waals surface area contributed by atoms with Crippen molar-refractivity contribution in [2.75, 3.05) is 31.9 Å². The van der Waals surface area contributed by atoms with Gasteiger partial charge in [-0.1, -0.05) is 0 Å². The number of hydrogen-bond acceptors (Lipinski definition) is 4. The van der Waals surface area contributed by atoms with Crippen LogP contribution in [0.3, 0.4) is 0 Å². The first kappa shape index (κ1) is 17.2. The van der Waals surface area contributed by atoms with Crippen molar-refractivity contribution in [2.45, 2.75) is 10.9 Å². The van der Waals surface area contributed by atoms with E-state index >= 15 is 0 Å². The van der Waals surface area contributed by atoms with Crippen LogP contribution in [0.4, 0.5) is 5.69 Å². The molecule has 0 spiro atoms. The van der Waals surface area contributed by atoms with Crippen LogP contribution in [-0.2, 0) is 9.53 Å². The number of ether oxygens (including phenoxy) is 1. The first-order valence-electron chi connectivity index (χ1n) is 5.26. The van der Waals surface area contributed by atoms with Crippen molar-refractivity contribution < 1.29 is 9.53 Å². The first-order chi connectivity index (χ1) is 8.10. The van der Waals surface area contributed by atoms with Gasteiger partial charge in [-0.15, -0.1) is 24.2 Å². The van der Waals surface area contributed by atoms with Gasteiger partial charge < -0.3 is 15.4 Å². The van der Waals surface area contributed by atoms with Crippen LogP contribution in [0.15, 0.2) is 29.2 Å². The molecule has 1 aromatic rings. The smallest absolute Gasteiger partial charge is 0.246 e. The Morgan fingerprint density at radius 1 is 1.44 bits per heavy atom. The molecule has 18 heavy (non-hydrogen) atoms. The van der Waals surface area contributed by atoms with E-state index < -0.39 is 6.04 Å². The van der Waals surface area contributed by atoms with Crippen LogP contribution in [0.1, 0.15) is 0 Å². The van der Waals surface area contributed by atoms with Gasteiger partial charge in [0.05, 0.1) is 6.61 Å². The Balaban J connectivity index is 0.00000289. The molecule has 0 heterocycles. The molecule has 102 valence electrons. The molecule has 0 radical (unpaired) electrons. The van der Waals surface area contributed by atoms with Gasteiger partial charge in [0.1, 0.15) is 6.04 Å². The summed E-state index contributed by atoms with van der Waals surface area (Å²) in [5.74, 6) is -0.149. The quantitative estimate of drug-likeness (QED) is 0.840. The molecule has 0 aromatic heterocycles. The Kier molecular flexibility index (Phi) is 8.02. The number of carbonyl (C=O) groups excluding carboxylic acids is 1. The van der Waals surface area contributed by atoms with E-state index in [1.54, 1.807) is 23.7 Å². The molecule has 0 bridgehead atoms. The van der Waals surface area contributed by atoms with Crippen LogP contribution in [-0.4, -0.2) is 39.0 Å². The van der Waals surface area contributed by atoms with E-state index in [1.807, 2.05) is 30.5 Å². The fraction of sp³-hybridized carbons (Fsp3) is 0.417. The molecule has 1 rings (SSSR count). The zero-order valence-electron chi connectivity index (χ0n) is 10.8. The lowest BCUT2D eigenvalue weighted by Gasteiger charge is -2.21. The minimum Gasteiger partial charge on any atom is -0.383 e. The molecule has 0 saturated carbocycles. The maximum absolute atomic E-state index is 11.9. The average Bonchev–Trinajstić information content (AvgIpc) is 2.37. The number of likely N-dealkylation sites (N-methyl/N-ethyl adjacent to an activating group) is 1. The third-order valence-corrected chi connectivity index (χ3v) is 3.20. The van der Waals surface area contributed by atoms with E-state index in [1.165, 1.54) is 7.11 Å². The topological polar surface area (TPSA) is 55.6 Å². The van der Waals surface area contributed by atoms with Gasteiger partial charge in [0, 0.05) is 24.7 Å². The molecule has 0 aliphatic rings. The minimum absolute atomic E-state index is 0. The summed E-state index contributed by atoms with van der Waals surface area (Å²) < 4.78 is 4.87. The zero-order chi connectivity index (χ0) is 12.8. The molecule has 1 atom stereocenters. The summed E-state index contributed by atoms with van der Waals surface area (Å²) >= 11 is 1.66. The molecular weight excluding hydrogens is 272 g/mol. The predicted molar refractivity (Wildman–Crippen MR) is 78.7 cm³/mol. The number of halogens is 1. The summed E-state index contributed by atoms with van der Waals surface area (Å²) in [6, 6.07) is 7.15. The molecule has 1 amide bonds. The van der Waals surface area contributed by atoms with Crippen LogP contribution >= 0.6 is 24.2 Å². The van der Waals surface area contributed by atoms with Gasteiger partial charge in [0.25, 0.3) is 0 Å². The van der Waals surface area contributed by atoms with Crippen molar-refractivity contribution in [1.82, 2.24) is 0 Å². The molecular formula is C12H19ClN2O2S. The average molecular weight is 291 g/mol. The van der Waals surface area contributed by atoms with Crippen molar-refractivity contribution in [3.63, 3.8) is 0 Å². The Morgan fingerprint density at radius 3 is 2.44 bits per heavy atom. The number of rotatable bonds is 5. The third kappa shape index (κ3) is 4.49. The second-order valence-electron chi connectivity index (χ2n) is 3.66. The second-order valence-corrected chi connectivity index (χ2v) is 4.54. The summed E-state index contributed by atoms with van der Waals surface area (Å²) in [6.07, 6.45) is 2.01. The highest BCUT2D eigenvalue weighted by Gasteiger charge is 2.18. The molecule has 0 fully saturated rings. The monoisotopic (exact) mass is 290 g/mol. The fourth-order valence-electron chi connectivity index (χ4n) is 1.43. The van der Waals surface area contributed by atoms with Crippen molar-refractivity contribution in [3.05, 3.63) is 24.3 Å². The summed E-state index contributed by atoms with van der Waals surface area (Å²) in [6.45, 7) is 0.228. The minimum atomic E-state index is -0.620. The third-order valence-electron chi connectivity index (χ3n) is 2.45. The standard InChI is InChI=1S/C12H18N2O2S.ClH/c1-14(12(15)11(13)8-16-2)9-4-6-10(17-3)7-5-9;/h4-7,11H,8,13H2,1-3H3;1H. The van der Waals surface area contributed by atoms with Gasteiger partial charge >= 0.3 is 0 Å². The van der Waals surface area contributed by atoms with Gasteiger partial charge in [0.15, 0.2) is 0 Å². The maximum Gasteiger partial charge on any atom is 0.246 e.